The van der Waals surface area contributed by atoms with Gasteiger partial charge in [-0.05, 0) is 60.0 Å². The molecule has 1 unspecified atom stereocenters. The maximum atomic E-state index is 14.5. The smallest absolute Gasteiger partial charge is 0.264 e. The van der Waals surface area contributed by atoms with Gasteiger partial charge in [-0.25, -0.2) is 12.8 Å². The monoisotopic (exact) mass is 679 g/mol. The first-order valence-electron chi connectivity index (χ1n) is 15.2. The summed E-state index contributed by atoms with van der Waals surface area (Å²) in [6, 6.07) is 24.2. The van der Waals surface area contributed by atoms with Crippen molar-refractivity contribution < 1.29 is 31.9 Å². The van der Waals surface area contributed by atoms with Gasteiger partial charge in [0.2, 0.25) is 11.8 Å². The highest BCUT2D eigenvalue weighted by atomic mass is 35.5. The van der Waals surface area contributed by atoms with E-state index in [2.05, 4.69) is 5.32 Å². The van der Waals surface area contributed by atoms with E-state index >= 15 is 0 Å². The van der Waals surface area contributed by atoms with Crippen molar-refractivity contribution in [2.75, 3.05) is 30.6 Å². The average Bonchev–Trinajstić information content (AvgIpc) is 3.09. The Labute approximate surface area is 278 Å². The van der Waals surface area contributed by atoms with Crippen LogP contribution in [0.2, 0.25) is 5.02 Å². The molecule has 1 N–H and O–H groups in total. The third kappa shape index (κ3) is 8.22. The summed E-state index contributed by atoms with van der Waals surface area (Å²) in [5, 5.41) is 3.29. The molecule has 0 aliphatic carbocycles. The van der Waals surface area contributed by atoms with Crippen LogP contribution in [-0.2, 0) is 32.6 Å². The van der Waals surface area contributed by atoms with E-state index in [1.807, 2.05) is 37.3 Å². The number of rotatable bonds is 13. The Morgan fingerprint density at radius 1 is 0.915 bits per heavy atom. The van der Waals surface area contributed by atoms with Crippen molar-refractivity contribution >= 4 is 39.1 Å². The van der Waals surface area contributed by atoms with Crippen LogP contribution in [0.5, 0.6) is 11.5 Å². The number of carbonyl (C=O) groups is 2. The maximum absolute atomic E-state index is 14.5. The molecular formula is C35H35ClFN3O6S. The summed E-state index contributed by atoms with van der Waals surface area (Å²) in [5.41, 5.74) is 1.44. The Hall–Kier alpha value is -4.61. The van der Waals surface area contributed by atoms with Crippen LogP contribution in [0, 0.1) is 5.82 Å². The van der Waals surface area contributed by atoms with Crippen molar-refractivity contribution in [3.05, 3.63) is 119 Å². The molecule has 47 heavy (non-hydrogen) atoms. The summed E-state index contributed by atoms with van der Waals surface area (Å²) in [6.45, 7) is 2.11. The fourth-order valence-electron chi connectivity index (χ4n) is 5.18. The molecule has 2 amide bonds. The Bertz CT molecular complexity index is 1810. The van der Waals surface area contributed by atoms with Gasteiger partial charge < -0.3 is 19.7 Å². The molecular weight excluding hydrogens is 645 g/mol. The molecule has 246 valence electrons. The fourth-order valence-corrected chi connectivity index (χ4v) is 6.80. The van der Waals surface area contributed by atoms with Crippen LogP contribution in [0.4, 0.5) is 10.1 Å². The van der Waals surface area contributed by atoms with Crippen molar-refractivity contribution in [1.82, 2.24) is 10.2 Å². The molecule has 12 heteroatoms. The topological polar surface area (TPSA) is 105 Å². The summed E-state index contributed by atoms with van der Waals surface area (Å²) >= 11 is 6.53. The van der Waals surface area contributed by atoms with Gasteiger partial charge in [0.25, 0.3) is 10.0 Å². The normalized spacial score (nSPS) is 13.0. The Morgan fingerprint density at radius 3 is 2.30 bits per heavy atom. The van der Waals surface area contributed by atoms with E-state index < -0.39 is 34.3 Å². The number of nitrogens with one attached hydrogen (secondary N) is 1. The van der Waals surface area contributed by atoms with E-state index in [1.54, 1.807) is 24.3 Å². The van der Waals surface area contributed by atoms with Crippen molar-refractivity contribution in [3.63, 3.8) is 0 Å². The molecule has 0 saturated carbocycles. The zero-order valence-electron chi connectivity index (χ0n) is 25.8. The highest BCUT2D eigenvalue weighted by Crippen LogP contribution is 2.34. The molecule has 0 fully saturated rings. The zero-order valence-corrected chi connectivity index (χ0v) is 27.3. The lowest BCUT2D eigenvalue weighted by atomic mass is 10.0. The van der Waals surface area contributed by atoms with Crippen LogP contribution >= 0.6 is 11.6 Å². The first-order chi connectivity index (χ1) is 22.7. The molecule has 0 radical (unpaired) electrons. The third-order valence-corrected chi connectivity index (χ3v) is 9.75. The van der Waals surface area contributed by atoms with Crippen molar-refractivity contribution in [1.29, 1.82) is 0 Å². The second kappa shape index (κ2) is 15.3. The van der Waals surface area contributed by atoms with Crippen molar-refractivity contribution in [2.24, 2.45) is 0 Å². The fraction of sp³-hybridized carbons (Fsp3) is 0.257. The van der Waals surface area contributed by atoms with Gasteiger partial charge in [0.05, 0.1) is 10.6 Å². The van der Waals surface area contributed by atoms with Gasteiger partial charge in [0.15, 0.2) is 11.5 Å². The highest BCUT2D eigenvalue weighted by Gasteiger charge is 2.35. The van der Waals surface area contributed by atoms with Crippen LogP contribution in [0.25, 0.3) is 0 Å². The van der Waals surface area contributed by atoms with Crippen molar-refractivity contribution in [3.8, 4) is 11.5 Å². The van der Waals surface area contributed by atoms with Gasteiger partial charge in [-0.3, -0.25) is 13.9 Å². The number of nitrogens with zero attached hydrogens (tertiary/aromatic N) is 2. The first-order valence-corrected chi connectivity index (χ1v) is 17.0. The summed E-state index contributed by atoms with van der Waals surface area (Å²) in [6.07, 6.45) is 0.840. The Kier molecular flexibility index (Phi) is 11.0. The van der Waals surface area contributed by atoms with Gasteiger partial charge in [-0.2, -0.15) is 0 Å². The molecule has 1 aliphatic heterocycles. The Balaban J connectivity index is 1.57. The third-order valence-electron chi connectivity index (χ3n) is 7.61. The molecule has 0 spiro atoms. The minimum Gasteiger partial charge on any atom is -0.486 e. The van der Waals surface area contributed by atoms with Crippen molar-refractivity contribution in [2.45, 2.75) is 37.2 Å². The number of anilines is 1. The van der Waals surface area contributed by atoms with Gasteiger partial charge in [0, 0.05) is 30.6 Å². The number of amides is 2. The van der Waals surface area contributed by atoms with Crippen LogP contribution in [0.15, 0.2) is 102 Å². The van der Waals surface area contributed by atoms with E-state index in [9.17, 15) is 22.4 Å². The van der Waals surface area contributed by atoms with Crippen LogP contribution in [0.1, 0.15) is 24.5 Å². The number of ether oxygens (including phenoxy) is 2. The number of hydrogen-bond acceptors (Lipinski definition) is 6. The van der Waals surface area contributed by atoms with E-state index in [0.29, 0.717) is 35.9 Å². The molecule has 0 bridgehead atoms. The summed E-state index contributed by atoms with van der Waals surface area (Å²) in [5.74, 6) is -0.986. The zero-order chi connectivity index (χ0) is 33.4. The van der Waals surface area contributed by atoms with Gasteiger partial charge >= 0.3 is 0 Å². The molecule has 0 saturated heterocycles. The maximum Gasteiger partial charge on any atom is 0.264 e. The number of fused-ring (bicyclic) bond motifs is 1. The van der Waals surface area contributed by atoms with Crippen LogP contribution < -0.4 is 19.1 Å². The predicted molar refractivity (Wildman–Crippen MR) is 178 cm³/mol. The summed E-state index contributed by atoms with van der Waals surface area (Å²) in [4.78, 5) is 29.4. The second-order valence-electron chi connectivity index (χ2n) is 10.9. The van der Waals surface area contributed by atoms with E-state index in [-0.39, 0.29) is 41.8 Å². The lowest BCUT2D eigenvalue weighted by molar-refractivity contribution is -0.140. The second-order valence-corrected chi connectivity index (χ2v) is 13.2. The molecule has 4 aromatic rings. The van der Waals surface area contributed by atoms with Gasteiger partial charge in [-0.1, -0.05) is 67.1 Å². The van der Waals surface area contributed by atoms with E-state index in [1.165, 1.54) is 35.2 Å². The minimum absolute atomic E-state index is 0.0578. The van der Waals surface area contributed by atoms with Gasteiger partial charge in [0.1, 0.15) is 31.6 Å². The largest absolute Gasteiger partial charge is 0.486 e. The van der Waals surface area contributed by atoms with E-state index in [4.69, 9.17) is 21.1 Å². The molecule has 5 rings (SSSR count). The molecule has 0 aromatic heterocycles. The first kappa shape index (κ1) is 33.7. The Morgan fingerprint density at radius 2 is 1.60 bits per heavy atom. The molecule has 1 heterocycles. The number of halogens is 2. The van der Waals surface area contributed by atoms with Gasteiger partial charge in [-0.15, -0.1) is 0 Å². The quantitative estimate of drug-likeness (QED) is 0.197. The number of sulfonamides is 1. The minimum atomic E-state index is -4.43. The summed E-state index contributed by atoms with van der Waals surface area (Å²) in [7, 11) is -4.43. The lowest BCUT2D eigenvalue weighted by Gasteiger charge is -2.34. The number of carbonyl (C=O) groups excluding carboxylic acids is 2. The SMILES string of the molecule is CCCNC(=O)C(Cc1ccccc1)N(Cc1ccccc1Cl)C(=O)CN(c1ccc(F)cc1)S(=O)(=O)c1ccc2c(c1)OCCO2. The summed E-state index contributed by atoms with van der Waals surface area (Å²) < 4.78 is 54.6. The standard InChI is InChI=1S/C35H35ClFN3O6S/c1-2-18-38-35(42)31(21-25-8-4-3-5-9-25)39(23-26-10-6-7-11-30(26)36)34(41)24-40(28-14-12-27(37)13-15-28)47(43,44)29-16-17-32-33(22-29)46-20-19-45-32/h3-17,22,31H,2,18-21,23-24H2,1H3,(H,38,42). The molecule has 1 aliphatic rings. The number of hydrogen-bond donors (Lipinski definition) is 1. The number of benzene rings is 4. The highest BCUT2D eigenvalue weighted by molar-refractivity contribution is 7.92. The lowest BCUT2D eigenvalue weighted by Crippen LogP contribution is -2.53. The van der Waals surface area contributed by atoms with Crippen LogP contribution in [-0.4, -0.2) is 57.5 Å². The molecule has 4 aromatic carbocycles. The average molecular weight is 680 g/mol. The molecule has 1 atom stereocenters. The van der Waals surface area contributed by atoms with E-state index in [0.717, 1.165) is 22.0 Å². The predicted octanol–water partition coefficient (Wildman–Crippen LogP) is 5.61. The molecule has 9 nitrogen and oxygen atoms in total. The van der Waals surface area contributed by atoms with Crippen LogP contribution in [0.3, 0.4) is 0 Å².